The van der Waals surface area contributed by atoms with E-state index in [4.69, 9.17) is 4.74 Å². The molecule has 126 valence electrons. The zero-order valence-electron chi connectivity index (χ0n) is 12.9. The maximum Gasteiger partial charge on any atom is 0.315 e. The molecular weight excluding hydrogens is 313 g/mol. The molecule has 1 aromatic carbocycles. The number of phenolic OH excluding ortho intramolecular Hbond substituents is 1. The van der Waals surface area contributed by atoms with Crippen LogP contribution in [0.3, 0.4) is 0 Å². The Morgan fingerprint density at radius 3 is 3.00 bits per heavy atom. The van der Waals surface area contributed by atoms with Crippen LogP contribution in [0.5, 0.6) is 5.75 Å². The predicted octanol–water partition coefficient (Wildman–Crippen LogP) is 2.26. The van der Waals surface area contributed by atoms with E-state index in [0.29, 0.717) is 13.0 Å². The molecule has 2 amide bonds. The smallest absolute Gasteiger partial charge is 0.315 e. The molecule has 1 aliphatic heterocycles. The van der Waals surface area contributed by atoms with Crippen molar-refractivity contribution in [3.63, 3.8) is 0 Å². The van der Waals surface area contributed by atoms with Gasteiger partial charge in [-0.25, -0.2) is 9.18 Å². The number of carbonyl (C=O) groups is 1. The highest BCUT2D eigenvalue weighted by Gasteiger charge is 2.31. The number of amides is 2. The quantitative estimate of drug-likeness (QED) is 0.802. The van der Waals surface area contributed by atoms with E-state index in [-0.39, 0.29) is 30.0 Å². The first kappa shape index (κ1) is 16.2. The lowest BCUT2D eigenvalue weighted by molar-refractivity contribution is 0.0996. The summed E-state index contributed by atoms with van der Waals surface area (Å²) in [5.74, 6) is -0.750. The Morgan fingerprint density at radius 1 is 1.38 bits per heavy atom. The van der Waals surface area contributed by atoms with E-state index in [1.54, 1.807) is 12.4 Å². The van der Waals surface area contributed by atoms with Crippen LogP contribution in [0.4, 0.5) is 9.18 Å². The topological polar surface area (TPSA) is 83.5 Å². The molecular formula is C17H18FN3O3. The van der Waals surface area contributed by atoms with Gasteiger partial charge >= 0.3 is 6.03 Å². The average Bonchev–Trinajstić information content (AvgIpc) is 3.03. The number of pyridine rings is 1. The molecule has 0 unspecified atom stereocenters. The van der Waals surface area contributed by atoms with Gasteiger partial charge in [0.1, 0.15) is 17.7 Å². The number of rotatable bonds is 4. The SMILES string of the molecule is O=C(NCc1c(O)cccc1F)N[C@@H]1CCO[C@H]1c1cccnc1. The number of hydrogen-bond acceptors (Lipinski definition) is 4. The molecule has 1 fully saturated rings. The number of carbonyl (C=O) groups excluding carboxylic acids is 1. The van der Waals surface area contributed by atoms with Crippen LogP contribution in [0.1, 0.15) is 23.7 Å². The molecule has 0 spiro atoms. The van der Waals surface area contributed by atoms with Crippen LogP contribution in [-0.2, 0) is 11.3 Å². The van der Waals surface area contributed by atoms with Crippen LogP contribution < -0.4 is 10.6 Å². The van der Waals surface area contributed by atoms with Crippen LogP contribution in [0, 0.1) is 5.82 Å². The Labute approximate surface area is 138 Å². The van der Waals surface area contributed by atoms with Gasteiger partial charge in [0.2, 0.25) is 0 Å². The fourth-order valence-electron chi connectivity index (χ4n) is 2.72. The predicted molar refractivity (Wildman–Crippen MR) is 84.8 cm³/mol. The van der Waals surface area contributed by atoms with Crippen molar-refractivity contribution in [1.82, 2.24) is 15.6 Å². The summed E-state index contributed by atoms with van der Waals surface area (Å²) >= 11 is 0. The third kappa shape index (κ3) is 3.62. The molecule has 2 atom stereocenters. The first-order valence-corrected chi connectivity index (χ1v) is 7.67. The van der Waals surface area contributed by atoms with Crippen LogP contribution in [0.15, 0.2) is 42.7 Å². The fourth-order valence-corrected chi connectivity index (χ4v) is 2.72. The minimum atomic E-state index is -0.562. The van der Waals surface area contributed by atoms with Crippen molar-refractivity contribution in [3.05, 3.63) is 59.7 Å². The summed E-state index contributed by atoms with van der Waals surface area (Å²) in [4.78, 5) is 16.1. The highest BCUT2D eigenvalue weighted by atomic mass is 19.1. The van der Waals surface area contributed by atoms with Crippen LogP contribution in [0.2, 0.25) is 0 Å². The molecule has 2 aromatic rings. The van der Waals surface area contributed by atoms with Gasteiger partial charge in [0.25, 0.3) is 0 Å². The number of nitrogens with one attached hydrogen (secondary N) is 2. The number of ether oxygens (including phenoxy) is 1. The molecule has 1 saturated heterocycles. The number of hydrogen-bond donors (Lipinski definition) is 3. The second kappa shape index (κ2) is 7.27. The third-order valence-electron chi connectivity index (χ3n) is 3.94. The summed E-state index contributed by atoms with van der Waals surface area (Å²) in [6, 6.07) is 7.09. The molecule has 1 aliphatic rings. The summed E-state index contributed by atoms with van der Waals surface area (Å²) in [6.07, 6.45) is 3.80. The first-order valence-electron chi connectivity index (χ1n) is 7.67. The van der Waals surface area contributed by atoms with Crippen molar-refractivity contribution in [2.75, 3.05) is 6.61 Å². The fraction of sp³-hybridized carbons (Fsp3) is 0.294. The van der Waals surface area contributed by atoms with Gasteiger partial charge in [0.05, 0.1) is 12.6 Å². The molecule has 0 radical (unpaired) electrons. The second-order valence-electron chi connectivity index (χ2n) is 5.54. The summed E-state index contributed by atoms with van der Waals surface area (Å²) in [5.41, 5.74) is 0.950. The Morgan fingerprint density at radius 2 is 2.25 bits per heavy atom. The van der Waals surface area contributed by atoms with Gasteiger partial charge in [-0.3, -0.25) is 4.98 Å². The van der Waals surface area contributed by atoms with Gasteiger partial charge < -0.3 is 20.5 Å². The molecule has 6 nitrogen and oxygen atoms in total. The van der Waals surface area contributed by atoms with E-state index in [1.807, 2.05) is 12.1 Å². The molecule has 0 bridgehead atoms. The minimum Gasteiger partial charge on any atom is -0.507 e. The van der Waals surface area contributed by atoms with E-state index in [2.05, 4.69) is 15.6 Å². The molecule has 2 heterocycles. The zero-order valence-corrected chi connectivity index (χ0v) is 12.9. The lowest BCUT2D eigenvalue weighted by Crippen LogP contribution is -2.43. The highest BCUT2D eigenvalue weighted by molar-refractivity contribution is 5.74. The Bertz CT molecular complexity index is 691. The van der Waals surface area contributed by atoms with Gasteiger partial charge in [-0.2, -0.15) is 0 Å². The number of phenols is 1. The summed E-state index contributed by atoms with van der Waals surface area (Å²) in [6.45, 7) is 0.439. The van der Waals surface area contributed by atoms with Crippen LogP contribution in [0.25, 0.3) is 0 Å². The maximum absolute atomic E-state index is 13.6. The summed E-state index contributed by atoms with van der Waals surface area (Å²) < 4.78 is 19.3. The molecule has 1 aromatic heterocycles. The molecule has 7 heteroatoms. The largest absolute Gasteiger partial charge is 0.507 e. The van der Waals surface area contributed by atoms with E-state index < -0.39 is 11.8 Å². The number of benzene rings is 1. The number of aromatic nitrogens is 1. The third-order valence-corrected chi connectivity index (χ3v) is 3.94. The molecule has 24 heavy (non-hydrogen) atoms. The highest BCUT2D eigenvalue weighted by Crippen LogP contribution is 2.28. The van der Waals surface area contributed by atoms with Crippen molar-refractivity contribution >= 4 is 6.03 Å². The Hall–Kier alpha value is -2.67. The van der Waals surface area contributed by atoms with Gasteiger partial charge in [-0.1, -0.05) is 12.1 Å². The van der Waals surface area contributed by atoms with Crippen molar-refractivity contribution in [1.29, 1.82) is 0 Å². The molecule has 3 rings (SSSR count). The molecule has 0 saturated carbocycles. The Kier molecular flexibility index (Phi) is 4.90. The Balaban J connectivity index is 1.58. The molecule has 0 aliphatic carbocycles. The summed E-state index contributed by atoms with van der Waals surface area (Å²) in [5, 5.41) is 15.0. The van der Waals surface area contributed by atoms with E-state index in [0.717, 1.165) is 5.56 Å². The van der Waals surface area contributed by atoms with E-state index >= 15 is 0 Å². The minimum absolute atomic E-state index is 0.0548. The van der Waals surface area contributed by atoms with Crippen LogP contribution in [-0.4, -0.2) is 28.8 Å². The van der Waals surface area contributed by atoms with Gasteiger partial charge in [-0.15, -0.1) is 0 Å². The summed E-state index contributed by atoms with van der Waals surface area (Å²) in [7, 11) is 0. The standard InChI is InChI=1S/C17H18FN3O3/c18-13-4-1-5-15(22)12(13)10-20-17(23)21-14-6-8-24-16(14)11-3-2-7-19-9-11/h1-5,7,9,14,16,22H,6,8,10H2,(H2,20,21,23)/t14-,16+/m1/s1. The molecule has 3 N–H and O–H groups in total. The maximum atomic E-state index is 13.6. The number of halogens is 1. The van der Waals surface area contributed by atoms with Crippen molar-refractivity contribution in [2.24, 2.45) is 0 Å². The second-order valence-corrected chi connectivity index (χ2v) is 5.54. The van der Waals surface area contributed by atoms with Gasteiger partial charge in [0, 0.05) is 30.1 Å². The van der Waals surface area contributed by atoms with Crippen molar-refractivity contribution < 1.29 is 19.0 Å². The average molecular weight is 331 g/mol. The number of urea groups is 1. The number of aromatic hydroxyl groups is 1. The number of nitrogens with zero attached hydrogens (tertiary/aromatic N) is 1. The monoisotopic (exact) mass is 331 g/mol. The first-order chi connectivity index (χ1) is 11.6. The van der Waals surface area contributed by atoms with Crippen LogP contribution >= 0.6 is 0 Å². The lowest BCUT2D eigenvalue weighted by Gasteiger charge is -2.20. The van der Waals surface area contributed by atoms with Crippen molar-refractivity contribution in [2.45, 2.75) is 25.1 Å². The lowest BCUT2D eigenvalue weighted by atomic mass is 10.0. The normalized spacial score (nSPS) is 19.9. The zero-order chi connectivity index (χ0) is 16.9. The van der Waals surface area contributed by atoms with Crippen molar-refractivity contribution in [3.8, 4) is 5.75 Å². The van der Waals surface area contributed by atoms with Gasteiger partial charge in [-0.05, 0) is 24.6 Å². The van der Waals surface area contributed by atoms with E-state index in [9.17, 15) is 14.3 Å². The van der Waals surface area contributed by atoms with Gasteiger partial charge in [0.15, 0.2) is 0 Å². The van der Waals surface area contributed by atoms with E-state index in [1.165, 1.54) is 18.2 Å².